The average molecular weight is 381 g/mol. The lowest BCUT2D eigenvalue weighted by Gasteiger charge is -2.59. The number of alkyl halides is 1. The molecule has 2 unspecified atom stereocenters. The number of anilines is 1. The first-order valence-electron chi connectivity index (χ1n) is 8.50. The fraction of sp³-hybridized carbons (Fsp3) is 0.556. The van der Waals surface area contributed by atoms with Gasteiger partial charge in [0.2, 0.25) is 5.91 Å². The molecule has 0 saturated heterocycles. The van der Waals surface area contributed by atoms with Gasteiger partial charge in [-0.05, 0) is 68.6 Å². The van der Waals surface area contributed by atoms with Gasteiger partial charge in [0.05, 0.1) is 15.6 Å². The Labute approximate surface area is 154 Å². The number of hydrogen-bond acceptors (Lipinski definition) is 3. The van der Waals surface area contributed by atoms with Gasteiger partial charge in [-0.15, -0.1) is 11.6 Å². The van der Waals surface area contributed by atoms with Crippen LogP contribution in [0.1, 0.15) is 38.5 Å². The Balaban J connectivity index is 1.43. The smallest absolute Gasteiger partial charge is 0.232 e. The summed E-state index contributed by atoms with van der Waals surface area (Å²) in [5, 5.41) is 4.44. The number of carbonyl (C=O) groups is 1. The van der Waals surface area contributed by atoms with Gasteiger partial charge in [0.25, 0.3) is 0 Å². The van der Waals surface area contributed by atoms with Gasteiger partial charge in [0.15, 0.2) is 5.13 Å². The summed E-state index contributed by atoms with van der Waals surface area (Å²) in [5.74, 6) is 1.35. The van der Waals surface area contributed by atoms with E-state index in [1.807, 2.05) is 18.2 Å². The van der Waals surface area contributed by atoms with E-state index in [9.17, 15) is 4.79 Å². The number of nitrogens with one attached hydrogen (secondary N) is 1. The number of fused-ring (bicyclic) bond motifs is 1. The molecule has 4 aliphatic carbocycles. The first kappa shape index (κ1) is 15.4. The quantitative estimate of drug-likeness (QED) is 0.702. The van der Waals surface area contributed by atoms with E-state index in [0.29, 0.717) is 22.0 Å². The fourth-order valence-corrected chi connectivity index (χ4v) is 7.43. The van der Waals surface area contributed by atoms with Crippen LogP contribution in [0.2, 0.25) is 5.02 Å². The van der Waals surface area contributed by atoms with Gasteiger partial charge >= 0.3 is 0 Å². The Morgan fingerprint density at radius 2 is 2.00 bits per heavy atom. The second-order valence-electron chi connectivity index (χ2n) is 7.98. The third kappa shape index (κ3) is 2.38. The van der Waals surface area contributed by atoms with Crippen molar-refractivity contribution in [1.29, 1.82) is 0 Å². The van der Waals surface area contributed by atoms with Crippen LogP contribution in [0.3, 0.4) is 0 Å². The highest BCUT2D eigenvalue weighted by Crippen LogP contribution is 2.64. The number of halogens is 2. The fourth-order valence-electron chi connectivity index (χ4n) is 5.60. The van der Waals surface area contributed by atoms with Crippen LogP contribution in [0.5, 0.6) is 0 Å². The normalized spacial score (nSPS) is 37.1. The highest BCUT2D eigenvalue weighted by atomic mass is 35.5. The molecule has 4 fully saturated rings. The minimum atomic E-state index is -0.290. The Hall–Kier alpha value is -0.840. The van der Waals surface area contributed by atoms with Gasteiger partial charge in [-0.2, -0.15) is 0 Å². The molecule has 126 valence electrons. The van der Waals surface area contributed by atoms with Crippen molar-refractivity contribution in [2.45, 2.75) is 43.4 Å². The van der Waals surface area contributed by atoms with Crippen molar-refractivity contribution in [2.24, 2.45) is 17.3 Å². The number of hydrogen-bond donors (Lipinski definition) is 1. The Morgan fingerprint density at radius 3 is 2.71 bits per heavy atom. The lowest BCUT2D eigenvalue weighted by molar-refractivity contribution is -0.138. The Morgan fingerprint density at radius 1 is 1.25 bits per heavy atom. The van der Waals surface area contributed by atoms with Crippen molar-refractivity contribution in [3.8, 4) is 0 Å². The molecule has 1 aromatic carbocycles. The van der Waals surface area contributed by atoms with E-state index < -0.39 is 0 Å². The van der Waals surface area contributed by atoms with Crippen LogP contribution in [0, 0.1) is 17.3 Å². The van der Waals surface area contributed by atoms with Crippen molar-refractivity contribution in [1.82, 2.24) is 4.98 Å². The molecule has 6 rings (SSSR count). The van der Waals surface area contributed by atoms with E-state index in [0.717, 1.165) is 42.3 Å². The maximum absolute atomic E-state index is 13.1. The molecule has 4 saturated carbocycles. The van der Waals surface area contributed by atoms with Crippen molar-refractivity contribution in [3.63, 3.8) is 0 Å². The van der Waals surface area contributed by atoms with Crippen LogP contribution in [0.25, 0.3) is 10.2 Å². The number of amides is 1. The Bertz CT molecular complexity index is 835. The third-order valence-corrected chi connectivity index (χ3v) is 7.65. The van der Waals surface area contributed by atoms with Gasteiger partial charge in [0.1, 0.15) is 0 Å². The molecule has 4 aliphatic rings. The molecule has 3 nitrogen and oxygen atoms in total. The summed E-state index contributed by atoms with van der Waals surface area (Å²) in [6, 6.07) is 5.61. The van der Waals surface area contributed by atoms with Crippen LogP contribution in [-0.2, 0) is 4.79 Å². The lowest BCUT2D eigenvalue weighted by Crippen LogP contribution is -2.57. The topological polar surface area (TPSA) is 42.0 Å². The molecule has 4 atom stereocenters. The van der Waals surface area contributed by atoms with Crippen molar-refractivity contribution in [2.75, 3.05) is 5.32 Å². The molecule has 6 heteroatoms. The number of rotatable bonds is 2. The highest BCUT2D eigenvalue weighted by Gasteiger charge is 2.60. The number of aromatic nitrogens is 1. The maximum atomic E-state index is 13.1. The molecule has 0 aliphatic heterocycles. The zero-order valence-corrected chi connectivity index (χ0v) is 15.5. The van der Waals surface area contributed by atoms with Crippen LogP contribution in [0.4, 0.5) is 5.13 Å². The summed E-state index contributed by atoms with van der Waals surface area (Å²) in [7, 11) is 0. The van der Waals surface area contributed by atoms with Crippen LogP contribution < -0.4 is 5.32 Å². The summed E-state index contributed by atoms with van der Waals surface area (Å²) in [5.41, 5.74) is 0.584. The van der Waals surface area contributed by atoms with E-state index in [1.54, 1.807) is 0 Å². The van der Waals surface area contributed by atoms with E-state index in [2.05, 4.69) is 10.3 Å². The zero-order valence-electron chi connectivity index (χ0n) is 13.1. The first-order chi connectivity index (χ1) is 11.4. The van der Waals surface area contributed by atoms with E-state index >= 15 is 0 Å². The number of carbonyl (C=O) groups excluding carboxylic acids is 1. The highest BCUT2D eigenvalue weighted by molar-refractivity contribution is 7.22. The van der Waals surface area contributed by atoms with Crippen molar-refractivity contribution < 1.29 is 4.79 Å². The summed E-state index contributed by atoms with van der Waals surface area (Å²) < 4.78 is 0.997. The standard InChI is InChI=1S/C18H18Cl2N2OS/c19-12-1-2-13-14(4-12)24-16(21-13)22-15(23)17-5-10-3-11(6-17)8-18(20,7-10)9-17/h1-2,4,10-11H,3,5-9H2,(H,21,22,23)/t10-,11+,17?,18?. The molecule has 1 aromatic heterocycles. The molecule has 2 aromatic rings. The molecule has 1 heterocycles. The third-order valence-electron chi connectivity index (χ3n) is 6.04. The zero-order chi connectivity index (χ0) is 16.5. The largest absolute Gasteiger partial charge is 0.301 e. The van der Waals surface area contributed by atoms with Gasteiger partial charge in [0, 0.05) is 9.90 Å². The molecule has 1 N–H and O–H groups in total. The number of thiazole rings is 1. The van der Waals surface area contributed by atoms with Crippen LogP contribution in [-0.4, -0.2) is 15.8 Å². The molecule has 4 bridgehead atoms. The summed E-state index contributed by atoms with van der Waals surface area (Å²) in [6.07, 6.45) is 6.21. The second-order valence-corrected chi connectivity index (χ2v) is 10.2. The SMILES string of the molecule is O=C(Nc1nc2ccc(Cl)cc2s1)C12C[C@@H]3C[C@@H](CC(Cl)(C3)C1)C2. The number of nitrogens with zero attached hydrogens (tertiary/aromatic N) is 1. The monoisotopic (exact) mass is 380 g/mol. The second kappa shape index (κ2) is 5.09. The van der Waals surface area contributed by atoms with Crippen LogP contribution >= 0.6 is 34.5 Å². The summed E-state index contributed by atoms with van der Waals surface area (Å²) in [6.45, 7) is 0. The molecular weight excluding hydrogens is 363 g/mol. The minimum absolute atomic E-state index is 0.117. The van der Waals surface area contributed by atoms with E-state index in [1.165, 1.54) is 17.8 Å². The van der Waals surface area contributed by atoms with Gasteiger partial charge < -0.3 is 5.32 Å². The summed E-state index contributed by atoms with van der Waals surface area (Å²) in [4.78, 5) is 17.5. The molecular formula is C18H18Cl2N2OS. The lowest BCUT2D eigenvalue weighted by atomic mass is 9.49. The Kier molecular flexibility index (Phi) is 3.27. The molecule has 1 amide bonds. The predicted molar refractivity (Wildman–Crippen MR) is 99.0 cm³/mol. The predicted octanol–water partition coefficient (Wildman–Crippen LogP) is 5.47. The summed E-state index contributed by atoms with van der Waals surface area (Å²) >= 11 is 14.4. The average Bonchev–Trinajstić information content (AvgIpc) is 2.85. The van der Waals surface area contributed by atoms with E-state index in [-0.39, 0.29) is 16.2 Å². The van der Waals surface area contributed by atoms with Gasteiger partial charge in [-0.25, -0.2) is 4.98 Å². The van der Waals surface area contributed by atoms with Gasteiger partial charge in [-0.3, -0.25) is 4.79 Å². The van der Waals surface area contributed by atoms with Crippen molar-refractivity contribution in [3.05, 3.63) is 23.2 Å². The molecule has 24 heavy (non-hydrogen) atoms. The van der Waals surface area contributed by atoms with E-state index in [4.69, 9.17) is 23.2 Å². The molecule has 0 spiro atoms. The van der Waals surface area contributed by atoms with Crippen LogP contribution in [0.15, 0.2) is 18.2 Å². The molecule has 0 radical (unpaired) electrons. The number of benzene rings is 1. The first-order valence-corrected chi connectivity index (χ1v) is 10.1. The van der Waals surface area contributed by atoms with Gasteiger partial charge in [-0.1, -0.05) is 22.9 Å². The van der Waals surface area contributed by atoms with Crippen molar-refractivity contribution >= 4 is 55.8 Å². The minimum Gasteiger partial charge on any atom is -0.301 e. The maximum Gasteiger partial charge on any atom is 0.232 e.